The molecule has 0 amide bonds. The number of thiophene rings is 1. The Labute approximate surface area is 104 Å². The number of nitrogen functional groups attached to an aromatic ring is 1. The number of carbonyl (C=O) groups excluding carboxylic acids is 1. The molecule has 2 N–H and O–H groups in total. The fourth-order valence-electron chi connectivity index (χ4n) is 1.59. The molecule has 1 aromatic carbocycles. The molecule has 3 nitrogen and oxygen atoms in total. The van der Waals surface area contributed by atoms with Gasteiger partial charge in [0.1, 0.15) is 5.75 Å². The zero-order chi connectivity index (χ0) is 12.4. The molecule has 0 saturated heterocycles. The molecule has 0 atom stereocenters. The molecule has 0 radical (unpaired) electrons. The zero-order valence-electron chi connectivity index (χ0n) is 9.69. The fraction of sp³-hybridized carbons (Fsp3) is 0.154. The monoisotopic (exact) mass is 247 g/mol. The molecule has 0 spiro atoms. The van der Waals surface area contributed by atoms with Gasteiger partial charge in [0.05, 0.1) is 7.11 Å². The van der Waals surface area contributed by atoms with Crippen LogP contribution in [-0.2, 0) is 0 Å². The van der Waals surface area contributed by atoms with Crippen LogP contribution < -0.4 is 10.5 Å². The minimum Gasteiger partial charge on any atom is -0.497 e. The minimum atomic E-state index is -0.0468. The van der Waals surface area contributed by atoms with Crippen molar-refractivity contribution in [1.29, 1.82) is 0 Å². The van der Waals surface area contributed by atoms with Gasteiger partial charge in [0.15, 0.2) is 5.78 Å². The summed E-state index contributed by atoms with van der Waals surface area (Å²) in [5.74, 6) is 0.607. The number of hydrogen-bond acceptors (Lipinski definition) is 4. The first kappa shape index (κ1) is 11.7. The Hall–Kier alpha value is -1.81. The van der Waals surface area contributed by atoms with Crippen molar-refractivity contribution in [3.05, 3.63) is 45.6 Å². The molecule has 0 bridgehead atoms. The van der Waals surface area contributed by atoms with Crippen molar-refractivity contribution in [3.8, 4) is 5.75 Å². The molecule has 2 rings (SSSR count). The van der Waals surface area contributed by atoms with E-state index in [2.05, 4.69) is 0 Å². The molecule has 0 saturated carbocycles. The van der Waals surface area contributed by atoms with Gasteiger partial charge in [0, 0.05) is 33.1 Å². The molecule has 0 aliphatic carbocycles. The van der Waals surface area contributed by atoms with Crippen molar-refractivity contribution >= 4 is 22.8 Å². The van der Waals surface area contributed by atoms with E-state index in [0.717, 1.165) is 4.88 Å². The maximum atomic E-state index is 12.2. The number of ketones is 1. The van der Waals surface area contributed by atoms with Crippen molar-refractivity contribution in [2.75, 3.05) is 12.8 Å². The second-order valence-corrected chi connectivity index (χ2v) is 4.84. The lowest BCUT2D eigenvalue weighted by molar-refractivity contribution is 0.104. The normalized spacial score (nSPS) is 10.2. The number of ether oxygens (including phenoxy) is 1. The average Bonchev–Trinajstić information content (AvgIpc) is 2.75. The van der Waals surface area contributed by atoms with Crippen LogP contribution in [0.4, 0.5) is 5.69 Å². The van der Waals surface area contributed by atoms with Gasteiger partial charge in [0.25, 0.3) is 0 Å². The summed E-state index contributed by atoms with van der Waals surface area (Å²) in [7, 11) is 1.57. The van der Waals surface area contributed by atoms with Gasteiger partial charge in [-0.3, -0.25) is 4.79 Å². The van der Waals surface area contributed by atoms with Gasteiger partial charge in [-0.2, -0.15) is 0 Å². The molecule has 0 aliphatic heterocycles. The van der Waals surface area contributed by atoms with Gasteiger partial charge in [-0.05, 0) is 25.1 Å². The quantitative estimate of drug-likeness (QED) is 0.670. The Kier molecular flexibility index (Phi) is 3.15. The van der Waals surface area contributed by atoms with E-state index in [-0.39, 0.29) is 5.78 Å². The van der Waals surface area contributed by atoms with Crippen LogP contribution in [-0.4, -0.2) is 12.9 Å². The van der Waals surface area contributed by atoms with Crippen molar-refractivity contribution < 1.29 is 9.53 Å². The number of hydrogen-bond donors (Lipinski definition) is 1. The number of carbonyl (C=O) groups is 1. The summed E-state index contributed by atoms with van der Waals surface area (Å²) in [6.45, 7) is 1.97. The summed E-state index contributed by atoms with van der Waals surface area (Å²) in [6, 6.07) is 6.97. The molecule has 0 fully saturated rings. The van der Waals surface area contributed by atoms with E-state index < -0.39 is 0 Å². The zero-order valence-corrected chi connectivity index (χ0v) is 10.5. The van der Waals surface area contributed by atoms with Gasteiger partial charge < -0.3 is 10.5 Å². The number of methoxy groups -OCH3 is 1. The van der Waals surface area contributed by atoms with Gasteiger partial charge in [-0.15, -0.1) is 11.3 Å². The summed E-state index contributed by atoms with van der Waals surface area (Å²) in [5.41, 5.74) is 7.49. The molecule has 2 aromatic rings. The highest BCUT2D eigenvalue weighted by Gasteiger charge is 2.13. The Bertz CT molecular complexity index is 560. The molecule has 88 valence electrons. The third-order valence-electron chi connectivity index (χ3n) is 2.50. The highest BCUT2D eigenvalue weighted by Crippen LogP contribution is 2.24. The predicted octanol–water partition coefficient (Wildman–Crippen LogP) is 2.88. The smallest absolute Gasteiger partial charge is 0.195 e. The van der Waals surface area contributed by atoms with Crippen molar-refractivity contribution in [2.24, 2.45) is 0 Å². The second kappa shape index (κ2) is 4.59. The van der Waals surface area contributed by atoms with Crippen molar-refractivity contribution in [1.82, 2.24) is 0 Å². The van der Waals surface area contributed by atoms with E-state index >= 15 is 0 Å². The fourth-order valence-corrected chi connectivity index (χ4v) is 2.28. The Balaban J connectivity index is 2.37. The molecule has 4 heteroatoms. The van der Waals surface area contributed by atoms with Gasteiger partial charge >= 0.3 is 0 Å². The van der Waals surface area contributed by atoms with Crippen LogP contribution in [0.25, 0.3) is 0 Å². The average molecular weight is 247 g/mol. The summed E-state index contributed by atoms with van der Waals surface area (Å²) in [6.07, 6.45) is 0. The maximum Gasteiger partial charge on any atom is 0.195 e. The molecular weight excluding hydrogens is 234 g/mol. The lowest BCUT2D eigenvalue weighted by atomic mass is 10.0. The van der Waals surface area contributed by atoms with Crippen LogP contribution in [0.2, 0.25) is 0 Å². The lowest BCUT2D eigenvalue weighted by Crippen LogP contribution is -2.04. The Morgan fingerprint density at radius 1 is 1.35 bits per heavy atom. The van der Waals surface area contributed by atoms with Gasteiger partial charge in [-0.1, -0.05) is 0 Å². The minimum absolute atomic E-state index is 0.0468. The number of anilines is 1. The van der Waals surface area contributed by atoms with E-state index in [1.54, 1.807) is 36.6 Å². The highest BCUT2D eigenvalue weighted by molar-refractivity contribution is 7.10. The molecule has 1 heterocycles. The van der Waals surface area contributed by atoms with E-state index in [9.17, 15) is 4.79 Å². The summed E-state index contributed by atoms with van der Waals surface area (Å²) in [4.78, 5) is 13.3. The summed E-state index contributed by atoms with van der Waals surface area (Å²) in [5, 5.41) is 1.85. The molecule has 0 aliphatic rings. The largest absolute Gasteiger partial charge is 0.497 e. The number of rotatable bonds is 3. The first-order valence-corrected chi connectivity index (χ1v) is 6.03. The van der Waals surface area contributed by atoms with Gasteiger partial charge in [0.2, 0.25) is 0 Å². The second-order valence-electron chi connectivity index (χ2n) is 3.73. The Morgan fingerprint density at radius 3 is 2.65 bits per heavy atom. The summed E-state index contributed by atoms with van der Waals surface area (Å²) >= 11 is 1.55. The summed E-state index contributed by atoms with van der Waals surface area (Å²) < 4.78 is 5.05. The van der Waals surface area contributed by atoms with Crippen LogP contribution >= 0.6 is 11.3 Å². The van der Waals surface area contributed by atoms with E-state index in [4.69, 9.17) is 10.5 Å². The van der Waals surface area contributed by atoms with Crippen molar-refractivity contribution in [3.63, 3.8) is 0 Å². The van der Waals surface area contributed by atoms with E-state index in [1.807, 2.05) is 18.4 Å². The van der Waals surface area contributed by atoms with Crippen LogP contribution in [0.5, 0.6) is 5.75 Å². The van der Waals surface area contributed by atoms with E-state index in [0.29, 0.717) is 22.6 Å². The van der Waals surface area contributed by atoms with Crippen LogP contribution in [0.15, 0.2) is 29.6 Å². The number of aryl methyl sites for hydroxylation is 1. The van der Waals surface area contributed by atoms with E-state index in [1.165, 1.54) is 0 Å². The van der Waals surface area contributed by atoms with Gasteiger partial charge in [-0.25, -0.2) is 0 Å². The molecule has 1 aromatic heterocycles. The first-order chi connectivity index (χ1) is 8.11. The highest BCUT2D eigenvalue weighted by atomic mass is 32.1. The molecule has 17 heavy (non-hydrogen) atoms. The van der Waals surface area contributed by atoms with Crippen LogP contribution in [0.1, 0.15) is 20.8 Å². The third kappa shape index (κ3) is 2.31. The predicted molar refractivity (Wildman–Crippen MR) is 69.9 cm³/mol. The number of benzene rings is 1. The standard InChI is InChI=1S/C13H13NO2S/c1-8-5-9(7-17-8)13(15)11-4-3-10(16-2)6-12(11)14/h3-7H,14H2,1-2H3. The van der Waals surface area contributed by atoms with Crippen LogP contribution in [0.3, 0.4) is 0 Å². The van der Waals surface area contributed by atoms with Crippen molar-refractivity contribution in [2.45, 2.75) is 6.92 Å². The number of nitrogens with two attached hydrogens (primary N) is 1. The first-order valence-electron chi connectivity index (χ1n) is 5.15. The third-order valence-corrected chi connectivity index (χ3v) is 3.36. The molecular formula is C13H13NO2S. The Morgan fingerprint density at radius 2 is 2.12 bits per heavy atom. The SMILES string of the molecule is COc1ccc(C(=O)c2csc(C)c2)c(N)c1. The lowest BCUT2D eigenvalue weighted by Gasteiger charge is -2.06. The van der Waals surface area contributed by atoms with Crippen LogP contribution in [0, 0.1) is 6.92 Å². The molecule has 0 unspecified atom stereocenters. The topological polar surface area (TPSA) is 52.3 Å². The maximum absolute atomic E-state index is 12.2.